The van der Waals surface area contributed by atoms with Gasteiger partial charge in [-0.2, -0.15) is 0 Å². The van der Waals surface area contributed by atoms with E-state index in [1.807, 2.05) is 69.3 Å². The van der Waals surface area contributed by atoms with Crippen LogP contribution in [0.2, 0.25) is 0 Å². The molecule has 2 aromatic carbocycles. The molecule has 5 heteroatoms. The topological polar surface area (TPSA) is 57.5 Å². The maximum absolute atomic E-state index is 12.1. The number of ether oxygens (including phenoxy) is 2. The van der Waals surface area contributed by atoms with Gasteiger partial charge in [0.2, 0.25) is 0 Å². The molecule has 0 bridgehead atoms. The Morgan fingerprint density at radius 2 is 1.76 bits per heavy atom. The summed E-state index contributed by atoms with van der Waals surface area (Å²) in [6.45, 7) is 6.10. The van der Waals surface area contributed by atoms with Crippen molar-refractivity contribution in [3.05, 3.63) is 77.5 Å². The van der Waals surface area contributed by atoms with E-state index in [1.165, 1.54) is 13.2 Å². The van der Waals surface area contributed by atoms with Crippen LogP contribution in [0.1, 0.15) is 42.4 Å². The van der Waals surface area contributed by atoms with Crippen LogP contribution in [0, 0.1) is 0 Å². The van der Waals surface area contributed by atoms with Gasteiger partial charge in [-0.3, -0.25) is 0 Å². The van der Waals surface area contributed by atoms with Crippen molar-refractivity contribution in [2.45, 2.75) is 32.9 Å². The lowest BCUT2D eigenvalue weighted by molar-refractivity contribution is -0.148. The molecule has 0 saturated carbocycles. The first-order chi connectivity index (χ1) is 13.8. The monoisotopic (exact) mass is 391 g/mol. The highest BCUT2D eigenvalue weighted by Crippen LogP contribution is 2.24. The van der Waals surface area contributed by atoms with E-state index in [2.05, 4.69) is 4.57 Å². The number of carbonyl (C=O) groups is 2. The predicted octanol–water partition coefficient (Wildman–Crippen LogP) is 4.83. The van der Waals surface area contributed by atoms with Crippen molar-refractivity contribution in [1.82, 2.24) is 4.57 Å². The van der Waals surface area contributed by atoms with Crippen LogP contribution in [-0.2, 0) is 20.8 Å². The second-order valence-electron chi connectivity index (χ2n) is 7.77. The normalized spacial score (nSPS) is 11.7. The number of rotatable bonds is 5. The highest BCUT2D eigenvalue weighted by atomic mass is 16.6. The third-order valence-electron chi connectivity index (χ3n) is 4.34. The van der Waals surface area contributed by atoms with Gasteiger partial charge in [-0.25, -0.2) is 9.59 Å². The van der Waals surface area contributed by atoms with Crippen molar-refractivity contribution >= 4 is 28.9 Å². The van der Waals surface area contributed by atoms with E-state index in [0.717, 1.165) is 22.2 Å². The molecule has 0 unspecified atom stereocenters. The quantitative estimate of drug-likeness (QED) is 0.462. The Kier molecular flexibility index (Phi) is 5.87. The highest BCUT2D eigenvalue weighted by molar-refractivity contribution is 5.96. The van der Waals surface area contributed by atoms with E-state index in [1.54, 1.807) is 12.1 Å². The fourth-order valence-electron chi connectivity index (χ4n) is 3.09. The number of nitrogens with zero attached hydrogens (tertiary/aromatic N) is 1. The van der Waals surface area contributed by atoms with E-state index in [4.69, 9.17) is 9.47 Å². The van der Waals surface area contributed by atoms with Crippen LogP contribution in [0.5, 0.6) is 0 Å². The number of fused-ring (bicyclic) bond motifs is 1. The molecule has 3 rings (SSSR count). The average Bonchev–Trinajstić information content (AvgIpc) is 3.02. The lowest BCUT2D eigenvalue weighted by Gasteiger charge is -2.18. The Balaban J connectivity index is 2.04. The number of benzene rings is 2. The third kappa shape index (κ3) is 5.13. The fourth-order valence-corrected chi connectivity index (χ4v) is 3.09. The van der Waals surface area contributed by atoms with Gasteiger partial charge in [0, 0.05) is 29.2 Å². The van der Waals surface area contributed by atoms with E-state index >= 15 is 0 Å². The zero-order chi connectivity index (χ0) is 21.0. The smallest absolute Gasteiger partial charge is 0.337 e. The average molecular weight is 391 g/mol. The van der Waals surface area contributed by atoms with Crippen molar-refractivity contribution in [3.63, 3.8) is 0 Å². The van der Waals surface area contributed by atoms with E-state index in [9.17, 15) is 9.59 Å². The standard InChI is InChI=1S/C24H25NO4/c1-24(2,3)29-22(26)13-12-20-14-18-10-11-19(23(27)28-4)15-21(18)25(20)16-17-8-6-5-7-9-17/h5-15H,16H2,1-4H3. The van der Waals surface area contributed by atoms with Gasteiger partial charge in [0.25, 0.3) is 0 Å². The summed E-state index contributed by atoms with van der Waals surface area (Å²) < 4.78 is 12.3. The summed E-state index contributed by atoms with van der Waals surface area (Å²) in [6, 6.07) is 17.4. The van der Waals surface area contributed by atoms with Crippen LogP contribution in [-0.4, -0.2) is 29.2 Å². The summed E-state index contributed by atoms with van der Waals surface area (Å²) >= 11 is 0. The number of hydrogen-bond donors (Lipinski definition) is 0. The first-order valence-electron chi connectivity index (χ1n) is 9.43. The van der Waals surface area contributed by atoms with Crippen molar-refractivity contribution in [1.29, 1.82) is 0 Å². The van der Waals surface area contributed by atoms with Gasteiger partial charge in [0.15, 0.2) is 0 Å². The predicted molar refractivity (Wildman–Crippen MR) is 114 cm³/mol. The van der Waals surface area contributed by atoms with E-state index in [-0.39, 0.29) is 5.97 Å². The number of hydrogen-bond acceptors (Lipinski definition) is 4. The second kappa shape index (κ2) is 8.35. The lowest BCUT2D eigenvalue weighted by atomic mass is 10.1. The molecule has 0 spiro atoms. The van der Waals surface area contributed by atoms with Gasteiger partial charge in [-0.1, -0.05) is 36.4 Å². The summed E-state index contributed by atoms with van der Waals surface area (Å²) in [7, 11) is 1.37. The molecule has 0 aliphatic rings. The van der Waals surface area contributed by atoms with Crippen LogP contribution in [0.15, 0.2) is 60.7 Å². The molecule has 3 aromatic rings. The molecule has 1 heterocycles. The molecule has 1 aromatic heterocycles. The van der Waals surface area contributed by atoms with Gasteiger partial charge in [0.1, 0.15) is 5.60 Å². The zero-order valence-electron chi connectivity index (χ0n) is 17.1. The summed E-state index contributed by atoms with van der Waals surface area (Å²) in [5.74, 6) is -0.783. The Hall–Kier alpha value is -3.34. The lowest BCUT2D eigenvalue weighted by Crippen LogP contribution is -2.22. The molecule has 0 saturated heterocycles. The maximum Gasteiger partial charge on any atom is 0.337 e. The highest BCUT2D eigenvalue weighted by Gasteiger charge is 2.15. The van der Waals surface area contributed by atoms with E-state index in [0.29, 0.717) is 12.1 Å². The van der Waals surface area contributed by atoms with Crippen LogP contribution in [0.25, 0.3) is 17.0 Å². The molecule has 0 aliphatic heterocycles. The van der Waals surface area contributed by atoms with Crippen LogP contribution >= 0.6 is 0 Å². The number of methoxy groups -OCH3 is 1. The summed E-state index contributed by atoms with van der Waals surface area (Å²) in [5.41, 5.74) is 2.78. The molecule has 0 amide bonds. The van der Waals surface area contributed by atoms with Crippen LogP contribution in [0.3, 0.4) is 0 Å². The largest absolute Gasteiger partial charge is 0.465 e. The zero-order valence-corrected chi connectivity index (χ0v) is 17.1. The SMILES string of the molecule is COC(=O)c1ccc2cc(C=CC(=O)OC(C)(C)C)n(Cc3ccccc3)c2c1. The van der Waals surface area contributed by atoms with Gasteiger partial charge >= 0.3 is 11.9 Å². The van der Waals surface area contributed by atoms with Crippen LogP contribution < -0.4 is 0 Å². The molecule has 29 heavy (non-hydrogen) atoms. The first kappa shape index (κ1) is 20.4. The third-order valence-corrected chi connectivity index (χ3v) is 4.34. The minimum Gasteiger partial charge on any atom is -0.465 e. The Bertz CT molecular complexity index is 1060. The maximum atomic E-state index is 12.1. The Labute approximate surface area is 170 Å². The first-order valence-corrected chi connectivity index (χ1v) is 9.43. The Morgan fingerprint density at radius 1 is 1.03 bits per heavy atom. The number of carbonyl (C=O) groups excluding carboxylic acids is 2. The molecule has 0 N–H and O–H groups in total. The number of esters is 2. The van der Waals surface area contributed by atoms with Crippen molar-refractivity contribution in [3.8, 4) is 0 Å². The summed E-state index contributed by atoms with van der Waals surface area (Å²) in [6.07, 6.45) is 3.18. The van der Waals surface area contributed by atoms with Gasteiger partial charge in [0.05, 0.1) is 12.7 Å². The fraction of sp³-hybridized carbons (Fsp3) is 0.250. The summed E-state index contributed by atoms with van der Waals surface area (Å²) in [4.78, 5) is 24.1. The molecular weight excluding hydrogens is 366 g/mol. The molecule has 0 aliphatic carbocycles. The van der Waals surface area contributed by atoms with Gasteiger partial charge in [-0.05, 0) is 50.6 Å². The minimum atomic E-state index is -0.548. The number of aromatic nitrogens is 1. The minimum absolute atomic E-state index is 0.384. The molecule has 150 valence electrons. The van der Waals surface area contributed by atoms with E-state index < -0.39 is 11.6 Å². The molecule has 0 radical (unpaired) electrons. The molecule has 0 atom stereocenters. The molecule has 5 nitrogen and oxygen atoms in total. The molecule has 0 fully saturated rings. The van der Waals surface area contributed by atoms with Gasteiger partial charge < -0.3 is 14.0 Å². The van der Waals surface area contributed by atoms with Crippen molar-refractivity contribution in [2.24, 2.45) is 0 Å². The molecular formula is C24H25NO4. The summed E-state index contributed by atoms with van der Waals surface area (Å²) in [5, 5.41) is 0.970. The van der Waals surface area contributed by atoms with Crippen molar-refractivity contribution < 1.29 is 19.1 Å². The van der Waals surface area contributed by atoms with Crippen molar-refractivity contribution in [2.75, 3.05) is 7.11 Å². The Morgan fingerprint density at radius 3 is 2.41 bits per heavy atom. The van der Waals surface area contributed by atoms with Crippen LogP contribution in [0.4, 0.5) is 0 Å². The van der Waals surface area contributed by atoms with Gasteiger partial charge in [-0.15, -0.1) is 0 Å². The second-order valence-corrected chi connectivity index (χ2v) is 7.77.